The summed E-state index contributed by atoms with van der Waals surface area (Å²) in [5.41, 5.74) is 1.64. The Balaban J connectivity index is 1.94. The summed E-state index contributed by atoms with van der Waals surface area (Å²) in [6.07, 6.45) is -0.760. The van der Waals surface area contributed by atoms with E-state index in [2.05, 4.69) is 5.32 Å². The number of rotatable bonds is 0. The lowest BCUT2D eigenvalue weighted by molar-refractivity contribution is -0.125. The number of hydrogen-bond acceptors (Lipinski definition) is 5. The van der Waals surface area contributed by atoms with E-state index in [0.29, 0.717) is 18.0 Å². The molecule has 1 amide bonds. The van der Waals surface area contributed by atoms with Crippen LogP contribution in [0.3, 0.4) is 0 Å². The molecule has 20 heavy (non-hydrogen) atoms. The number of carbonyl (C=O) groups excluding carboxylic acids is 2. The van der Waals surface area contributed by atoms with Crippen LogP contribution in [0.25, 0.3) is 0 Å². The molecule has 0 saturated carbocycles. The Morgan fingerprint density at radius 2 is 1.80 bits per heavy atom. The van der Waals surface area contributed by atoms with E-state index in [9.17, 15) is 14.7 Å². The Bertz CT molecular complexity index is 569. The van der Waals surface area contributed by atoms with Crippen LogP contribution in [0.2, 0.25) is 0 Å². The smallest absolute Gasteiger partial charge is 0.231 e. The van der Waals surface area contributed by atoms with Gasteiger partial charge in [-0.05, 0) is 23.3 Å². The van der Waals surface area contributed by atoms with Crippen LogP contribution < -0.4 is 14.8 Å². The number of hydrogen-bond donors (Lipinski definition) is 2. The molecular weight excluding hydrogens is 262 g/mol. The summed E-state index contributed by atoms with van der Waals surface area (Å²) >= 11 is 0. The monoisotopic (exact) mass is 277 g/mol. The van der Waals surface area contributed by atoms with Gasteiger partial charge in [0.05, 0.1) is 12.5 Å². The topological polar surface area (TPSA) is 84.9 Å². The minimum absolute atomic E-state index is 0.0126. The van der Waals surface area contributed by atoms with Crippen molar-refractivity contribution in [2.24, 2.45) is 0 Å². The summed E-state index contributed by atoms with van der Waals surface area (Å²) in [5.74, 6) is 0.881. The summed E-state index contributed by atoms with van der Waals surface area (Å²) in [4.78, 5) is 23.5. The van der Waals surface area contributed by atoms with E-state index in [-0.39, 0.29) is 37.7 Å². The van der Waals surface area contributed by atoms with E-state index in [1.807, 2.05) is 0 Å². The molecule has 2 N–H and O–H groups in total. The summed E-state index contributed by atoms with van der Waals surface area (Å²) in [7, 11) is 0. The van der Waals surface area contributed by atoms with Gasteiger partial charge < -0.3 is 19.9 Å². The first-order chi connectivity index (χ1) is 9.61. The van der Waals surface area contributed by atoms with Crippen molar-refractivity contribution >= 4 is 11.7 Å². The Labute approximate surface area is 115 Å². The van der Waals surface area contributed by atoms with Gasteiger partial charge in [-0.3, -0.25) is 9.59 Å². The van der Waals surface area contributed by atoms with Gasteiger partial charge in [0, 0.05) is 19.4 Å². The number of ketones is 1. The Kier molecular flexibility index (Phi) is 3.31. The van der Waals surface area contributed by atoms with Crippen molar-refractivity contribution in [3.63, 3.8) is 0 Å². The number of Topliss-reactive ketones (excluding diaryl/α,β-unsaturated/α-hetero) is 1. The lowest BCUT2D eigenvalue weighted by atomic mass is 9.97. The van der Waals surface area contributed by atoms with Gasteiger partial charge in [-0.15, -0.1) is 0 Å². The van der Waals surface area contributed by atoms with Gasteiger partial charge in [0.2, 0.25) is 12.7 Å². The Morgan fingerprint density at radius 1 is 1.10 bits per heavy atom. The molecule has 2 aliphatic heterocycles. The fourth-order valence-corrected chi connectivity index (χ4v) is 2.45. The fraction of sp³-hybridized carbons (Fsp3) is 0.429. The molecule has 6 nitrogen and oxygen atoms in total. The maximum Gasteiger partial charge on any atom is 0.231 e. The average Bonchev–Trinajstić information content (AvgIpc) is 2.81. The molecule has 0 bridgehead atoms. The van der Waals surface area contributed by atoms with E-state index in [1.165, 1.54) is 0 Å². The van der Waals surface area contributed by atoms with E-state index in [0.717, 1.165) is 11.1 Å². The number of aliphatic hydroxyl groups excluding tert-OH is 1. The molecule has 6 heteroatoms. The molecule has 0 spiro atoms. The average molecular weight is 277 g/mol. The number of amides is 1. The molecule has 3 rings (SSSR count). The predicted molar refractivity (Wildman–Crippen MR) is 68.4 cm³/mol. The quantitative estimate of drug-likeness (QED) is 0.712. The minimum atomic E-state index is -0.918. The molecular formula is C14H15NO5. The molecule has 0 unspecified atom stereocenters. The Hall–Kier alpha value is -2.08. The van der Waals surface area contributed by atoms with Crippen LogP contribution >= 0.6 is 0 Å². The van der Waals surface area contributed by atoms with E-state index in [4.69, 9.17) is 9.47 Å². The molecule has 1 atom stereocenters. The van der Waals surface area contributed by atoms with Crippen molar-refractivity contribution in [2.45, 2.75) is 31.9 Å². The van der Waals surface area contributed by atoms with Crippen molar-refractivity contribution < 1.29 is 24.2 Å². The summed E-state index contributed by atoms with van der Waals surface area (Å²) in [6, 6.07) is 3.57. The molecule has 0 fully saturated rings. The summed E-state index contributed by atoms with van der Waals surface area (Å²) in [6.45, 7) is 0.474. The number of ether oxygens (including phenoxy) is 2. The van der Waals surface area contributed by atoms with Crippen LogP contribution in [0.15, 0.2) is 12.1 Å². The van der Waals surface area contributed by atoms with Crippen LogP contribution in [0, 0.1) is 0 Å². The zero-order valence-electron chi connectivity index (χ0n) is 10.8. The third kappa shape index (κ3) is 2.60. The van der Waals surface area contributed by atoms with Crippen molar-refractivity contribution in [3.05, 3.63) is 23.3 Å². The highest BCUT2D eigenvalue weighted by molar-refractivity contribution is 5.84. The first kappa shape index (κ1) is 12.9. The molecule has 2 heterocycles. The third-order valence-corrected chi connectivity index (χ3v) is 3.44. The van der Waals surface area contributed by atoms with Crippen molar-refractivity contribution in [1.29, 1.82) is 0 Å². The van der Waals surface area contributed by atoms with E-state index in [1.54, 1.807) is 12.1 Å². The largest absolute Gasteiger partial charge is 0.454 e. The second-order valence-corrected chi connectivity index (χ2v) is 5.03. The second-order valence-electron chi connectivity index (χ2n) is 5.03. The van der Waals surface area contributed by atoms with Crippen LogP contribution in [0.1, 0.15) is 24.0 Å². The summed E-state index contributed by atoms with van der Waals surface area (Å²) in [5, 5.41) is 12.4. The SMILES string of the molecule is O=C1Cc2cc3c(cc2CNC(=O)C[C@H](O)C1)OCO3. The molecule has 0 radical (unpaired) electrons. The lowest BCUT2D eigenvalue weighted by Gasteiger charge is -2.16. The van der Waals surface area contributed by atoms with Crippen molar-refractivity contribution in [1.82, 2.24) is 5.32 Å². The van der Waals surface area contributed by atoms with Gasteiger partial charge in [-0.2, -0.15) is 0 Å². The molecule has 1 aromatic carbocycles. The second kappa shape index (κ2) is 5.13. The number of benzene rings is 1. The highest BCUT2D eigenvalue weighted by Crippen LogP contribution is 2.35. The van der Waals surface area contributed by atoms with Gasteiger partial charge in [0.15, 0.2) is 11.5 Å². The van der Waals surface area contributed by atoms with Gasteiger partial charge >= 0.3 is 0 Å². The van der Waals surface area contributed by atoms with Gasteiger partial charge in [0.25, 0.3) is 0 Å². The standard InChI is InChI=1S/C14H15NO5/c16-10-1-8-2-12-13(20-7-19-12)3-9(8)6-15-14(18)5-11(17)4-10/h2-3,11,17H,1,4-7H2,(H,15,18)/t11-/m1/s1. The summed E-state index contributed by atoms with van der Waals surface area (Å²) < 4.78 is 10.6. The number of fused-ring (bicyclic) bond motifs is 2. The first-order valence-corrected chi connectivity index (χ1v) is 6.49. The number of nitrogens with one attached hydrogen (secondary N) is 1. The fourth-order valence-electron chi connectivity index (χ4n) is 2.45. The van der Waals surface area contributed by atoms with Crippen LogP contribution in [-0.2, 0) is 22.6 Å². The molecule has 106 valence electrons. The zero-order valence-corrected chi connectivity index (χ0v) is 10.8. The normalized spacial score (nSPS) is 22.1. The Morgan fingerprint density at radius 3 is 2.55 bits per heavy atom. The maximum atomic E-state index is 11.9. The predicted octanol–water partition coefficient (Wildman–Crippen LogP) is 0.298. The number of aliphatic hydroxyl groups is 1. The highest BCUT2D eigenvalue weighted by atomic mass is 16.7. The number of carbonyl (C=O) groups is 2. The van der Waals surface area contributed by atoms with E-state index >= 15 is 0 Å². The highest BCUT2D eigenvalue weighted by Gasteiger charge is 2.22. The third-order valence-electron chi connectivity index (χ3n) is 3.44. The molecule has 0 aliphatic carbocycles. The lowest BCUT2D eigenvalue weighted by Crippen LogP contribution is -2.30. The zero-order chi connectivity index (χ0) is 14.1. The molecule has 1 aromatic rings. The van der Waals surface area contributed by atoms with Gasteiger partial charge in [-0.1, -0.05) is 0 Å². The van der Waals surface area contributed by atoms with Gasteiger partial charge in [0.1, 0.15) is 5.78 Å². The maximum absolute atomic E-state index is 11.9. The van der Waals surface area contributed by atoms with Crippen LogP contribution in [0.4, 0.5) is 0 Å². The van der Waals surface area contributed by atoms with Crippen molar-refractivity contribution in [2.75, 3.05) is 6.79 Å². The first-order valence-electron chi connectivity index (χ1n) is 6.49. The molecule has 0 saturated heterocycles. The molecule has 0 aromatic heterocycles. The minimum Gasteiger partial charge on any atom is -0.454 e. The molecule has 2 aliphatic rings. The van der Waals surface area contributed by atoms with Crippen LogP contribution in [0.5, 0.6) is 11.5 Å². The van der Waals surface area contributed by atoms with Crippen LogP contribution in [-0.4, -0.2) is 29.7 Å². The van der Waals surface area contributed by atoms with E-state index < -0.39 is 6.10 Å². The van der Waals surface area contributed by atoms with Crippen molar-refractivity contribution in [3.8, 4) is 11.5 Å². The van der Waals surface area contributed by atoms with Gasteiger partial charge in [-0.25, -0.2) is 0 Å².